The third-order valence-electron chi connectivity index (χ3n) is 2.56. The maximum absolute atomic E-state index is 11.5. The molecule has 0 amide bonds. The van der Waals surface area contributed by atoms with Gasteiger partial charge in [0.15, 0.2) is 0 Å². The molecule has 17 heavy (non-hydrogen) atoms. The molecule has 1 N–H and O–H groups in total. The second-order valence-corrected chi connectivity index (χ2v) is 3.82. The summed E-state index contributed by atoms with van der Waals surface area (Å²) in [5, 5.41) is 0. The first-order chi connectivity index (χ1) is 8.16. The fraction of sp³-hybridized carbons (Fsp3) is 0.231. The van der Waals surface area contributed by atoms with Crippen molar-refractivity contribution < 1.29 is 4.74 Å². The first-order valence-electron chi connectivity index (χ1n) is 5.41. The summed E-state index contributed by atoms with van der Waals surface area (Å²) in [4.78, 5) is 18.5. The average molecular weight is 230 g/mol. The van der Waals surface area contributed by atoms with Crippen LogP contribution >= 0.6 is 0 Å². The molecule has 4 nitrogen and oxygen atoms in total. The minimum atomic E-state index is -0.107. The molecule has 0 radical (unpaired) electrons. The van der Waals surface area contributed by atoms with Crippen LogP contribution in [0.5, 0.6) is 5.75 Å². The van der Waals surface area contributed by atoms with Crippen LogP contribution in [-0.4, -0.2) is 9.97 Å². The zero-order valence-corrected chi connectivity index (χ0v) is 9.86. The number of benzene rings is 1. The van der Waals surface area contributed by atoms with E-state index in [4.69, 9.17) is 4.74 Å². The van der Waals surface area contributed by atoms with Crippen LogP contribution in [0.25, 0.3) is 0 Å². The fourth-order valence-corrected chi connectivity index (χ4v) is 1.44. The Hall–Kier alpha value is -2.10. The number of aryl methyl sites for hydroxylation is 1. The lowest BCUT2D eigenvalue weighted by Gasteiger charge is -2.06. The number of nitrogens with zero attached hydrogens (tertiary/aromatic N) is 1. The predicted molar refractivity (Wildman–Crippen MR) is 65.1 cm³/mol. The van der Waals surface area contributed by atoms with Gasteiger partial charge < -0.3 is 9.72 Å². The molecule has 2 rings (SSSR count). The molecule has 1 aromatic carbocycles. The Balaban J connectivity index is 2.13. The number of H-pyrrole nitrogens is 1. The third kappa shape index (κ3) is 2.72. The number of hydrogen-bond acceptors (Lipinski definition) is 3. The van der Waals surface area contributed by atoms with Crippen LogP contribution in [0.15, 0.2) is 35.1 Å². The molecular weight excluding hydrogens is 216 g/mol. The van der Waals surface area contributed by atoms with Gasteiger partial charge in [-0.1, -0.05) is 18.2 Å². The maximum atomic E-state index is 11.5. The first kappa shape index (κ1) is 11.4. The van der Waals surface area contributed by atoms with Crippen molar-refractivity contribution in [2.45, 2.75) is 20.5 Å². The van der Waals surface area contributed by atoms with Gasteiger partial charge in [0.25, 0.3) is 5.56 Å². The van der Waals surface area contributed by atoms with E-state index in [0.717, 1.165) is 11.4 Å². The van der Waals surface area contributed by atoms with Gasteiger partial charge in [0.05, 0.1) is 0 Å². The molecule has 0 saturated carbocycles. The summed E-state index contributed by atoms with van der Waals surface area (Å²) in [5.74, 6) is 1.30. The van der Waals surface area contributed by atoms with Crippen molar-refractivity contribution in [3.63, 3.8) is 0 Å². The van der Waals surface area contributed by atoms with Gasteiger partial charge in [-0.05, 0) is 26.0 Å². The highest BCUT2D eigenvalue weighted by atomic mass is 16.5. The van der Waals surface area contributed by atoms with Crippen molar-refractivity contribution in [3.8, 4) is 5.75 Å². The quantitative estimate of drug-likeness (QED) is 0.877. The molecule has 0 unspecified atom stereocenters. The van der Waals surface area contributed by atoms with Crippen LogP contribution in [-0.2, 0) is 6.61 Å². The largest absolute Gasteiger partial charge is 0.486 e. The van der Waals surface area contributed by atoms with E-state index < -0.39 is 0 Å². The topological polar surface area (TPSA) is 55.0 Å². The van der Waals surface area contributed by atoms with Crippen LogP contribution in [0.1, 0.15) is 17.1 Å². The van der Waals surface area contributed by atoms with E-state index in [-0.39, 0.29) is 12.2 Å². The summed E-state index contributed by atoms with van der Waals surface area (Å²) in [6.45, 7) is 3.83. The Morgan fingerprint density at radius 2 is 1.94 bits per heavy atom. The summed E-state index contributed by atoms with van der Waals surface area (Å²) in [5.41, 5.74) is 1.28. The minimum Gasteiger partial charge on any atom is -0.486 e. The summed E-state index contributed by atoms with van der Waals surface area (Å²) >= 11 is 0. The minimum absolute atomic E-state index is 0.107. The lowest BCUT2D eigenvalue weighted by atomic mass is 10.3. The number of rotatable bonds is 3. The average Bonchev–Trinajstić information content (AvgIpc) is 2.34. The fourth-order valence-electron chi connectivity index (χ4n) is 1.44. The van der Waals surface area contributed by atoms with E-state index in [1.165, 1.54) is 0 Å². The van der Waals surface area contributed by atoms with E-state index in [9.17, 15) is 4.79 Å². The maximum Gasteiger partial charge on any atom is 0.254 e. The van der Waals surface area contributed by atoms with Crippen molar-refractivity contribution in [2.24, 2.45) is 0 Å². The van der Waals surface area contributed by atoms with Crippen molar-refractivity contribution in [3.05, 3.63) is 57.8 Å². The lowest BCUT2D eigenvalue weighted by molar-refractivity contribution is 0.295. The van der Waals surface area contributed by atoms with Crippen LogP contribution in [0, 0.1) is 13.8 Å². The summed E-state index contributed by atoms with van der Waals surface area (Å²) < 4.78 is 5.51. The van der Waals surface area contributed by atoms with Crippen LogP contribution in [0.2, 0.25) is 0 Å². The first-order valence-corrected chi connectivity index (χ1v) is 5.41. The van der Waals surface area contributed by atoms with Gasteiger partial charge in [0.2, 0.25) is 0 Å². The van der Waals surface area contributed by atoms with Gasteiger partial charge >= 0.3 is 0 Å². The SMILES string of the molecule is Cc1nc(COc2ccccc2)[nH]c(=O)c1C. The van der Waals surface area contributed by atoms with Crippen LogP contribution < -0.4 is 10.3 Å². The van der Waals surface area contributed by atoms with E-state index in [1.54, 1.807) is 6.92 Å². The van der Waals surface area contributed by atoms with Crippen LogP contribution in [0.3, 0.4) is 0 Å². The Kier molecular flexibility index (Phi) is 3.23. The molecule has 1 aromatic heterocycles. The molecule has 0 spiro atoms. The number of ether oxygens (including phenoxy) is 1. The normalized spacial score (nSPS) is 10.2. The third-order valence-corrected chi connectivity index (χ3v) is 2.56. The number of para-hydroxylation sites is 1. The molecule has 0 aliphatic rings. The molecule has 0 bridgehead atoms. The molecule has 0 fully saturated rings. The lowest BCUT2D eigenvalue weighted by Crippen LogP contribution is -2.17. The van der Waals surface area contributed by atoms with Crippen molar-refractivity contribution in [2.75, 3.05) is 0 Å². The van der Waals surface area contributed by atoms with Gasteiger partial charge in [-0.15, -0.1) is 0 Å². The van der Waals surface area contributed by atoms with Crippen molar-refractivity contribution in [1.82, 2.24) is 9.97 Å². The Labute approximate surface area is 99.3 Å². The van der Waals surface area contributed by atoms with Crippen molar-refractivity contribution >= 4 is 0 Å². The standard InChI is InChI=1S/C13H14N2O2/c1-9-10(2)14-12(15-13(9)16)8-17-11-6-4-3-5-7-11/h3-7H,8H2,1-2H3,(H,14,15,16). The molecule has 0 atom stereocenters. The predicted octanol–water partition coefficient (Wildman–Crippen LogP) is 1.97. The monoisotopic (exact) mass is 230 g/mol. The van der Waals surface area contributed by atoms with E-state index >= 15 is 0 Å². The van der Waals surface area contributed by atoms with E-state index in [2.05, 4.69) is 9.97 Å². The Morgan fingerprint density at radius 3 is 2.59 bits per heavy atom. The highest BCUT2D eigenvalue weighted by molar-refractivity contribution is 5.21. The van der Waals surface area contributed by atoms with E-state index in [1.807, 2.05) is 37.3 Å². The Morgan fingerprint density at radius 1 is 1.24 bits per heavy atom. The van der Waals surface area contributed by atoms with Crippen molar-refractivity contribution in [1.29, 1.82) is 0 Å². The number of aromatic nitrogens is 2. The Bertz CT molecular complexity index is 561. The smallest absolute Gasteiger partial charge is 0.254 e. The number of aromatic amines is 1. The van der Waals surface area contributed by atoms with Gasteiger partial charge in [-0.25, -0.2) is 4.98 Å². The van der Waals surface area contributed by atoms with Gasteiger partial charge in [-0.2, -0.15) is 0 Å². The molecule has 0 aliphatic carbocycles. The highest BCUT2D eigenvalue weighted by Gasteiger charge is 2.03. The molecular formula is C13H14N2O2. The molecule has 88 valence electrons. The van der Waals surface area contributed by atoms with Gasteiger partial charge in [0.1, 0.15) is 18.2 Å². The zero-order chi connectivity index (χ0) is 12.3. The van der Waals surface area contributed by atoms with Gasteiger partial charge in [0, 0.05) is 11.3 Å². The summed E-state index contributed by atoms with van der Waals surface area (Å²) in [6, 6.07) is 9.43. The zero-order valence-electron chi connectivity index (χ0n) is 9.86. The molecule has 0 aliphatic heterocycles. The molecule has 0 saturated heterocycles. The second kappa shape index (κ2) is 4.82. The highest BCUT2D eigenvalue weighted by Crippen LogP contribution is 2.09. The van der Waals surface area contributed by atoms with E-state index in [0.29, 0.717) is 11.4 Å². The second-order valence-electron chi connectivity index (χ2n) is 3.82. The molecule has 1 heterocycles. The number of nitrogens with one attached hydrogen (secondary N) is 1. The molecule has 2 aromatic rings. The van der Waals surface area contributed by atoms with Gasteiger partial charge in [-0.3, -0.25) is 4.79 Å². The molecule has 4 heteroatoms. The number of hydrogen-bond donors (Lipinski definition) is 1. The summed E-state index contributed by atoms with van der Waals surface area (Å²) in [7, 11) is 0. The van der Waals surface area contributed by atoms with Crippen LogP contribution in [0.4, 0.5) is 0 Å². The summed E-state index contributed by atoms with van der Waals surface area (Å²) in [6.07, 6.45) is 0.